The second-order valence-corrected chi connectivity index (χ2v) is 9.55. The molecular formula is C25H28F7NO7. The summed E-state index contributed by atoms with van der Waals surface area (Å²) in [5.74, 6) is -18.5. The minimum atomic E-state index is -6.59. The van der Waals surface area contributed by atoms with Gasteiger partial charge in [-0.15, -0.1) is 0 Å². The Morgan fingerprint density at radius 3 is 2.20 bits per heavy atom. The number of ketones is 1. The van der Waals surface area contributed by atoms with Gasteiger partial charge in [-0.2, -0.15) is 30.7 Å². The van der Waals surface area contributed by atoms with E-state index in [1.165, 1.54) is 13.0 Å². The summed E-state index contributed by atoms with van der Waals surface area (Å²) >= 11 is 0. The zero-order chi connectivity index (χ0) is 30.5. The zero-order valence-electron chi connectivity index (χ0n) is 21.5. The highest BCUT2D eigenvalue weighted by atomic mass is 19.4. The molecule has 1 aliphatic rings. The Labute approximate surface area is 224 Å². The van der Waals surface area contributed by atoms with E-state index in [-0.39, 0.29) is 18.6 Å². The highest BCUT2D eigenvalue weighted by Crippen LogP contribution is 2.46. The second kappa shape index (κ2) is 13.0. The standard InChI is InChI=1S/C25H28F7NO7/c1-13(20(36)33-17-6-5-15-10-19(35)18(15)11-17)3-4-16(22(38)39-8-7-34)9-14(2)21(37)40-12-23(26,27)24(28,29)25(30,31)32/h5-6,11,13-14,16,34H,3-4,7-10,12H2,1-2H3,(H,33,36). The lowest BCUT2D eigenvalue weighted by Gasteiger charge is -2.28. The van der Waals surface area contributed by atoms with Crippen molar-refractivity contribution in [2.24, 2.45) is 17.8 Å². The SMILES string of the molecule is CC(CCC(CC(C)C(=O)OCC(F)(F)C(F)(F)C(F)(F)F)C(=O)OCCO)C(=O)Nc1ccc2c(c1)C(=O)C2. The Balaban J connectivity index is 1.98. The molecule has 224 valence electrons. The van der Waals surface area contributed by atoms with Crippen LogP contribution < -0.4 is 5.32 Å². The van der Waals surface area contributed by atoms with E-state index in [1.807, 2.05) is 0 Å². The molecule has 1 aromatic carbocycles. The Kier molecular flexibility index (Phi) is 10.7. The van der Waals surface area contributed by atoms with Gasteiger partial charge in [0.1, 0.15) is 6.61 Å². The molecule has 8 nitrogen and oxygen atoms in total. The topological polar surface area (TPSA) is 119 Å². The van der Waals surface area contributed by atoms with E-state index in [2.05, 4.69) is 10.1 Å². The fourth-order valence-corrected chi connectivity index (χ4v) is 3.80. The van der Waals surface area contributed by atoms with Crippen LogP contribution in [0.25, 0.3) is 0 Å². The number of carbonyl (C=O) groups excluding carboxylic acids is 4. The minimum Gasteiger partial charge on any atom is -0.463 e. The molecule has 0 aromatic heterocycles. The van der Waals surface area contributed by atoms with Gasteiger partial charge in [-0.3, -0.25) is 19.2 Å². The van der Waals surface area contributed by atoms with Gasteiger partial charge >= 0.3 is 30.0 Å². The number of carbonyl (C=O) groups is 4. The molecule has 40 heavy (non-hydrogen) atoms. The Morgan fingerprint density at radius 1 is 0.975 bits per heavy atom. The summed E-state index contributed by atoms with van der Waals surface area (Å²) in [6.45, 7) is -0.899. The van der Waals surface area contributed by atoms with Crippen molar-refractivity contribution in [2.75, 3.05) is 25.1 Å². The minimum absolute atomic E-state index is 0.0479. The molecule has 0 heterocycles. The van der Waals surface area contributed by atoms with E-state index in [0.29, 0.717) is 17.7 Å². The third-order valence-corrected chi connectivity index (χ3v) is 6.35. The number of hydrogen-bond donors (Lipinski definition) is 2. The van der Waals surface area contributed by atoms with Gasteiger partial charge in [0.25, 0.3) is 0 Å². The predicted octanol–water partition coefficient (Wildman–Crippen LogP) is 4.33. The fourth-order valence-electron chi connectivity index (χ4n) is 3.80. The third kappa shape index (κ3) is 7.92. The maximum absolute atomic E-state index is 13.5. The Hall–Kier alpha value is -3.23. The largest absolute Gasteiger partial charge is 0.463 e. The number of nitrogens with one attached hydrogen (secondary N) is 1. The van der Waals surface area contributed by atoms with Crippen LogP contribution in [0.5, 0.6) is 0 Å². The summed E-state index contributed by atoms with van der Waals surface area (Å²) in [4.78, 5) is 48.7. The monoisotopic (exact) mass is 587 g/mol. The van der Waals surface area contributed by atoms with E-state index in [1.54, 1.807) is 12.1 Å². The first-order valence-electron chi connectivity index (χ1n) is 12.1. The molecule has 1 aliphatic carbocycles. The molecule has 0 saturated carbocycles. The zero-order valence-corrected chi connectivity index (χ0v) is 21.5. The number of alkyl halides is 7. The molecule has 0 fully saturated rings. The van der Waals surface area contributed by atoms with Crippen molar-refractivity contribution in [1.82, 2.24) is 0 Å². The van der Waals surface area contributed by atoms with Crippen LogP contribution in [0.1, 0.15) is 49.0 Å². The van der Waals surface area contributed by atoms with Crippen molar-refractivity contribution >= 4 is 29.3 Å². The lowest BCUT2D eigenvalue weighted by Crippen LogP contribution is -2.54. The van der Waals surface area contributed by atoms with E-state index in [9.17, 15) is 49.9 Å². The first-order valence-corrected chi connectivity index (χ1v) is 12.1. The van der Waals surface area contributed by atoms with Gasteiger partial charge in [-0.05, 0) is 37.0 Å². The number of benzene rings is 1. The molecule has 0 aliphatic heterocycles. The molecule has 0 bridgehead atoms. The normalized spacial score (nSPS) is 15.8. The van der Waals surface area contributed by atoms with Crippen LogP contribution in [0.2, 0.25) is 0 Å². The smallest absolute Gasteiger partial charge is 0.460 e. The molecular weight excluding hydrogens is 559 g/mol. The quantitative estimate of drug-likeness (QED) is 0.246. The van der Waals surface area contributed by atoms with Gasteiger partial charge in [-0.1, -0.05) is 19.9 Å². The number of anilines is 1. The first kappa shape index (κ1) is 33.0. The molecule has 0 radical (unpaired) electrons. The van der Waals surface area contributed by atoms with Crippen molar-refractivity contribution in [3.8, 4) is 0 Å². The summed E-state index contributed by atoms with van der Waals surface area (Å²) in [7, 11) is 0. The van der Waals surface area contributed by atoms with E-state index in [4.69, 9.17) is 9.84 Å². The number of hydrogen-bond acceptors (Lipinski definition) is 7. The molecule has 2 rings (SSSR count). The Bertz CT molecular complexity index is 1110. The van der Waals surface area contributed by atoms with Gasteiger partial charge < -0.3 is 19.9 Å². The third-order valence-electron chi connectivity index (χ3n) is 6.35. The van der Waals surface area contributed by atoms with Crippen LogP contribution in [0.4, 0.5) is 36.4 Å². The number of Topliss-reactive ketones (excluding diaryl/α,β-unsaturated/α-hetero) is 1. The number of esters is 2. The summed E-state index contributed by atoms with van der Waals surface area (Å²) in [6, 6.07) is 4.85. The summed E-state index contributed by atoms with van der Waals surface area (Å²) < 4.78 is 98.7. The second-order valence-electron chi connectivity index (χ2n) is 9.55. The van der Waals surface area contributed by atoms with Crippen LogP contribution in [0.15, 0.2) is 18.2 Å². The van der Waals surface area contributed by atoms with E-state index in [0.717, 1.165) is 12.5 Å². The van der Waals surface area contributed by atoms with Gasteiger partial charge in [0.15, 0.2) is 12.4 Å². The highest BCUT2D eigenvalue weighted by Gasteiger charge is 2.73. The van der Waals surface area contributed by atoms with Crippen LogP contribution in [-0.2, 0) is 30.3 Å². The Morgan fingerprint density at radius 2 is 1.62 bits per heavy atom. The number of fused-ring (bicyclic) bond motifs is 1. The van der Waals surface area contributed by atoms with Crippen LogP contribution in [-0.4, -0.2) is 66.6 Å². The average Bonchev–Trinajstić information content (AvgIpc) is 2.87. The first-order chi connectivity index (χ1) is 18.4. The van der Waals surface area contributed by atoms with Crippen molar-refractivity contribution in [3.05, 3.63) is 29.3 Å². The summed E-state index contributed by atoms with van der Waals surface area (Å²) in [6.07, 6.45) is -6.74. The maximum Gasteiger partial charge on any atom is 0.460 e. The molecule has 0 saturated heterocycles. The van der Waals surface area contributed by atoms with Gasteiger partial charge in [-0.25, -0.2) is 0 Å². The molecule has 3 atom stereocenters. The molecule has 2 N–H and O–H groups in total. The van der Waals surface area contributed by atoms with Crippen molar-refractivity contribution in [3.63, 3.8) is 0 Å². The lowest BCUT2D eigenvalue weighted by molar-refractivity contribution is -0.360. The number of rotatable bonds is 14. The van der Waals surface area contributed by atoms with E-state index < -0.39 is 79.9 Å². The fraction of sp³-hybridized carbons (Fsp3) is 0.600. The van der Waals surface area contributed by atoms with E-state index >= 15 is 0 Å². The number of aliphatic hydroxyl groups is 1. The van der Waals surface area contributed by atoms with Crippen LogP contribution in [0.3, 0.4) is 0 Å². The molecule has 3 unspecified atom stereocenters. The number of aliphatic hydroxyl groups excluding tert-OH is 1. The van der Waals surface area contributed by atoms with Gasteiger partial charge in [0.05, 0.1) is 18.4 Å². The van der Waals surface area contributed by atoms with Crippen molar-refractivity contribution in [1.29, 1.82) is 0 Å². The maximum atomic E-state index is 13.5. The summed E-state index contributed by atoms with van der Waals surface area (Å²) in [5, 5.41) is 11.5. The lowest BCUT2D eigenvalue weighted by atomic mass is 9.87. The van der Waals surface area contributed by atoms with Crippen molar-refractivity contribution in [2.45, 2.75) is 57.6 Å². The van der Waals surface area contributed by atoms with Gasteiger partial charge in [0, 0.05) is 23.6 Å². The number of amides is 1. The van der Waals surface area contributed by atoms with Crippen LogP contribution in [0, 0.1) is 17.8 Å². The average molecular weight is 587 g/mol. The molecule has 0 spiro atoms. The molecule has 1 amide bonds. The van der Waals surface area contributed by atoms with Gasteiger partial charge in [0.2, 0.25) is 5.91 Å². The highest BCUT2D eigenvalue weighted by molar-refractivity contribution is 6.07. The summed E-state index contributed by atoms with van der Waals surface area (Å²) in [5.41, 5.74) is 1.73. The number of halogens is 7. The molecule has 15 heteroatoms. The molecule has 1 aromatic rings. The predicted molar refractivity (Wildman–Crippen MR) is 124 cm³/mol. The number of ether oxygens (including phenoxy) is 2. The van der Waals surface area contributed by atoms with Crippen LogP contribution >= 0.6 is 0 Å². The van der Waals surface area contributed by atoms with Crippen molar-refractivity contribution < 1.29 is 64.5 Å².